The minimum Gasteiger partial charge on any atom is -0.339 e. The average Bonchev–Trinajstić information content (AvgIpc) is 3.50. The summed E-state index contributed by atoms with van der Waals surface area (Å²) in [7, 11) is 0. The number of H-pyrrole nitrogens is 1. The number of aromatic nitrogens is 4. The van der Waals surface area contributed by atoms with E-state index in [1.54, 1.807) is 0 Å². The van der Waals surface area contributed by atoms with Crippen molar-refractivity contribution in [1.82, 2.24) is 24.6 Å². The normalized spacial score (nSPS) is 14.9. The molecule has 0 amide bonds. The van der Waals surface area contributed by atoms with E-state index in [1.807, 2.05) is 23.2 Å². The van der Waals surface area contributed by atoms with Gasteiger partial charge < -0.3 is 4.98 Å². The summed E-state index contributed by atoms with van der Waals surface area (Å²) < 4.78 is 1.95. The van der Waals surface area contributed by atoms with Crippen LogP contribution in [-0.2, 0) is 13.1 Å². The van der Waals surface area contributed by atoms with Crippen molar-refractivity contribution in [3.8, 4) is 11.1 Å². The van der Waals surface area contributed by atoms with Crippen molar-refractivity contribution in [2.45, 2.75) is 46.2 Å². The van der Waals surface area contributed by atoms with Crippen molar-refractivity contribution in [2.24, 2.45) is 0 Å². The van der Waals surface area contributed by atoms with Crippen LogP contribution in [0.15, 0.2) is 61.2 Å². The Morgan fingerprint density at radius 3 is 2.63 bits per heavy atom. The maximum absolute atomic E-state index is 4.76. The van der Waals surface area contributed by atoms with E-state index in [4.69, 9.17) is 4.98 Å². The second kappa shape index (κ2) is 10.3. The molecule has 4 heterocycles. The number of pyridine rings is 1. The molecule has 4 aromatic rings. The minimum atomic E-state index is 0.856. The molecule has 1 fully saturated rings. The first-order valence-corrected chi connectivity index (χ1v) is 12.5. The number of rotatable bonds is 7. The maximum Gasteiger partial charge on any atom is 0.138 e. The van der Waals surface area contributed by atoms with Crippen LogP contribution >= 0.6 is 0 Å². The predicted octanol–water partition coefficient (Wildman–Crippen LogP) is 6.79. The summed E-state index contributed by atoms with van der Waals surface area (Å²) in [4.78, 5) is 10.7. The largest absolute Gasteiger partial charge is 0.339 e. The molecule has 0 aliphatic carbocycles. The molecular weight excluding hydrogens is 430 g/mol. The van der Waals surface area contributed by atoms with Gasteiger partial charge in [0.2, 0.25) is 0 Å². The standard InChI is InChI=1S/C30H33N5/c1-4-9-29-27(16-22(3)26-19-32-35(5-2)21-26)28-17-25(18-31-30(28)33-29)24-12-10-23(11-13-24)20-34-14-7-6-8-15-34/h9-13,16-19,21H,1,5-8,14-15,20H2,2-3H3,(H,31,33)/b22-16+. The summed E-state index contributed by atoms with van der Waals surface area (Å²) >= 11 is 0. The number of benzene rings is 1. The third-order valence-electron chi connectivity index (χ3n) is 6.88. The van der Waals surface area contributed by atoms with E-state index in [-0.39, 0.29) is 0 Å². The highest BCUT2D eigenvalue weighted by Crippen LogP contribution is 2.31. The molecule has 178 valence electrons. The number of aryl methyl sites for hydroxylation is 1. The Balaban J connectivity index is 1.48. The van der Waals surface area contributed by atoms with Crippen molar-refractivity contribution in [3.05, 3.63) is 83.6 Å². The quantitative estimate of drug-likeness (QED) is 0.307. The Morgan fingerprint density at radius 2 is 1.91 bits per heavy atom. The minimum absolute atomic E-state index is 0.856. The van der Waals surface area contributed by atoms with Crippen LogP contribution in [0.4, 0.5) is 0 Å². The highest BCUT2D eigenvalue weighted by molar-refractivity contribution is 5.97. The first-order chi connectivity index (χ1) is 17.1. The summed E-state index contributed by atoms with van der Waals surface area (Å²) in [6.45, 7) is 12.3. The molecule has 0 saturated carbocycles. The second-order valence-corrected chi connectivity index (χ2v) is 9.37. The Bertz CT molecular complexity index is 1390. The first-order valence-electron chi connectivity index (χ1n) is 12.5. The van der Waals surface area contributed by atoms with E-state index in [0.29, 0.717) is 0 Å². The van der Waals surface area contributed by atoms with E-state index in [1.165, 1.54) is 43.5 Å². The Labute approximate surface area is 207 Å². The molecule has 0 radical (unpaired) electrons. The summed E-state index contributed by atoms with van der Waals surface area (Å²) in [6.07, 6.45) is 14.0. The molecule has 0 bridgehead atoms. The fraction of sp³-hybridized carbons (Fsp3) is 0.300. The fourth-order valence-corrected chi connectivity index (χ4v) is 4.86. The number of nitrogens with one attached hydrogen (secondary N) is 1. The highest BCUT2D eigenvalue weighted by Gasteiger charge is 2.13. The van der Waals surface area contributed by atoms with Gasteiger partial charge in [0, 0.05) is 53.6 Å². The van der Waals surface area contributed by atoms with Crippen LogP contribution in [-0.4, -0.2) is 37.7 Å². The molecule has 1 aromatic carbocycles. The number of likely N-dealkylation sites (tertiary alicyclic amines) is 1. The van der Waals surface area contributed by atoms with Gasteiger partial charge in [-0.25, -0.2) is 4.98 Å². The van der Waals surface area contributed by atoms with Gasteiger partial charge in [0.15, 0.2) is 0 Å². The summed E-state index contributed by atoms with van der Waals surface area (Å²) in [5.41, 5.74) is 11.8. The van der Waals surface area contributed by atoms with Crippen molar-refractivity contribution in [3.63, 3.8) is 0 Å². The Kier molecular flexibility index (Phi) is 6.80. The molecule has 0 unspecified atom stereocenters. The van der Waals surface area contributed by atoms with Gasteiger partial charge in [0.1, 0.15) is 5.65 Å². The third kappa shape index (κ3) is 5.07. The van der Waals surface area contributed by atoms with Gasteiger partial charge >= 0.3 is 0 Å². The van der Waals surface area contributed by atoms with E-state index in [0.717, 1.165) is 52.1 Å². The highest BCUT2D eigenvalue weighted by atomic mass is 15.3. The Hall–Kier alpha value is -3.66. The average molecular weight is 464 g/mol. The van der Waals surface area contributed by atoms with Crippen molar-refractivity contribution >= 4 is 28.8 Å². The molecule has 1 aliphatic heterocycles. The molecule has 1 saturated heterocycles. The SMILES string of the molecule is C=C=Cc1[nH]c2ncc(-c3ccc(CN4CCCCC4)cc3)cc2c1/C=C(\C)c1cnn(CC)c1. The van der Waals surface area contributed by atoms with Crippen molar-refractivity contribution < 1.29 is 0 Å². The van der Waals surface area contributed by atoms with Crippen LogP contribution in [0.2, 0.25) is 0 Å². The van der Waals surface area contributed by atoms with E-state index in [2.05, 4.69) is 83.7 Å². The Morgan fingerprint density at radius 1 is 1.11 bits per heavy atom. The topological polar surface area (TPSA) is 49.7 Å². The van der Waals surface area contributed by atoms with Crippen molar-refractivity contribution in [2.75, 3.05) is 13.1 Å². The van der Waals surface area contributed by atoms with Gasteiger partial charge in [0.05, 0.1) is 11.9 Å². The number of aromatic amines is 1. The zero-order valence-electron chi connectivity index (χ0n) is 20.7. The van der Waals surface area contributed by atoms with Gasteiger partial charge in [-0.1, -0.05) is 37.3 Å². The van der Waals surface area contributed by atoms with Gasteiger partial charge in [0.25, 0.3) is 0 Å². The monoisotopic (exact) mass is 463 g/mol. The summed E-state index contributed by atoms with van der Waals surface area (Å²) in [5, 5.41) is 5.51. The lowest BCUT2D eigenvalue weighted by Crippen LogP contribution is -2.28. The third-order valence-corrected chi connectivity index (χ3v) is 6.88. The molecule has 1 aliphatic rings. The molecular formula is C30H33N5. The van der Waals surface area contributed by atoms with E-state index >= 15 is 0 Å². The maximum atomic E-state index is 4.76. The molecule has 0 atom stereocenters. The van der Waals surface area contributed by atoms with Crippen molar-refractivity contribution in [1.29, 1.82) is 0 Å². The molecule has 3 aromatic heterocycles. The van der Waals surface area contributed by atoms with Gasteiger partial charge in [-0.15, -0.1) is 5.73 Å². The van der Waals surface area contributed by atoms with Gasteiger partial charge in [-0.2, -0.15) is 5.10 Å². The summed E-state index contributed by atoms with van der Waals surface area (Å²) in [5.74, 6) is 0. The van der Waals surface area contributed by atoms with E-state index in [9.17, 15) is 0 Å². The molecule has 5 rings (SSSR count). The number of allylic oxidation sites excluding steroid dienone is 1. The lowest BCUT2D eigenvalue weighted by molar-refractivity contribution is 0.221. The van der Waals surface area contributed by atoms with Crippen LogP contribution in [0.25, 0.3) is 39.9 Å². The molecule has 0 spiro atoms. The van der Waals surface area contributed by atoms with Crippen LogP contribution in [0.3, 0.4) is 0 Å². The molecule has 5 nitrogen and oxygen atoms in total. The number of hydrogen-bond acceptors (Lipinski definition) is 3. The van der Waals surface area contributed by atoms with Crippen LogP contribution in [0.5, 0.6) is 0 Å². The molecule has 35 heavy (non-hydrogen) atoms. The smallest absolute Gasteiger partial charge is 0.138 e. The van der Waals surface area contributed by atoms with Gasteiger partial charge in [-0.05, 0) is 68.6 Å². The predicted molar refractivity (Wildman–Crippen MR) is 146 cm³/mol. The number of hydrogen-bond donors (Lipinski definition) is 1. The lowest BCUT2D eigenvalue weighted by atomic mass is 10.0. The lowest BCUT2D eigenvalue weighted by Gasteiger charge is -2.26. The fourth-order valence-electron chi connectivity index (χ4n) is 4.86. The second-order valence-electron chi connectivity index (χ2n) is 9.37. The molecule has 1 N–H and O–H groups in total. The first kappa shape index (κ1) is 23.1. The van der Waals surface area contributed by atoms with Crippen LogP contribution < -0.4 is 0 Å². The van der Waals surface area contributed by atoms with E-state index < -0.39 is 0 Å². The zero-order valence-corrected chi connectivity index (χ0v) is 20.7. The zero-order chi connectivity index (χ0) is 24.2. The summed E-state index contributed by atoms with van der Waals surface area (Å²) in [6, 6.07) is 11.2. The number of fused-ring (bicyclic) bond motifs is 1. The number of nitrogens with zero attached hydrogens (tertiary/aromatic N) is 4. The van der Waals surface area contributed by atoms with Crippen LogP contribution in [0.1, 0.15) is 55.5 Å². The number of piperidine rings is 1. The van der Waals surface area contributed by atoms with Crippen LogP contribution in [0, 0.1) is 0 Å². The molecule has 5 heteroatoms. The van der Waals surface area contributed by atoms with Gasteiger partial charge in [-0.3, -0.25) is 9.58 Å².